The van der Waals surface area contributed by atoms with Crippen LogP contribution in [0.25, 0.3) is 11.2 Å². The Morgan fingerprint density at radius 2 is 2.36 bits per heavy atom. The van der Waals surface area contributed by atoms with Crippen molar-refractivity contribution in [1.82, 2.24) is 19.6 Å². The molecule has 11 heavy (non-hydrogen) atoms. The molecule has 2 rings (SSSR count). The third-order valence-electron chi connectivity index (χ3n) is 1.39. The molecule has 6 heteroatoms. The second kappa shape index (κ2) is 1.82. The Morgan fingerprint density at radius 1 is 1.55 bits per heavy atom. The van der Waals surface area contributed by atoms with Crippen molar-refractivity contribution in [1.29, 1.82) is 0 Å². The average molecular weight is 151 g/mol. The van der Waals surface area contributed by atoms with E-state index in [1.54, 1.807) is 0 Å². The highest BCUT2D eigenvalue weighted by Gasteiger charge is 2.00. The Morgan fingerprint density at radius 3 is 3.18 bits per heavy atom. The minimum absolute atomic E-state index is 0.407. The number of hydrogen-bond donors (Lipinski definition) is 2. The first-order chi connectivity index (χ1) is 5.29. The molecule has 56 valence electrons. The van der Waals surface area contributed by atoms with Crippen LogP contribution < -0.4 is 11.5 Å². The number of nitrogen functional groups attached to an aromatic ring is 1. The topological polar surface area (TPSA) is 89.6 Å². The number of nitrogens with one attached hydrogen (secondary N) is 1. The number of aromatic nitrogens is 4. The van der Waals surface area contributed by atoms with E-state index >= 15 is 0 Å². The summed E-state index contributed by atoms with van der Waals surface area (Å²) in [6, 6.07) is 0. The molecule has 0 fully saturated rings. The van der Waals surface area contributed by atoms with Crippen molar-refractivity contribution < 1.29 is 0 Å². The molecule has 2 heterocycles. The van der Waals surface area contributed by atoms with Gasteiger partial charge in [-0.15, -0.1) is 0 Å². The van der Waals surface area contributed by atoms with Crippen molar-refractivity contribution in [2.45, 2.75) is 0 Å². The Balaban J connectivity index is 3.04. The highest BCUT2D eigenvalue weighted by molar-refractivity contribution is 5.68. The fourth-order valence-electron chi connectivity index (χ4n) is 0.857. The van der Waals surface area contributed by atoms with E-state index in [4.69, 9.17) is 5.84 Å². The average Bonchev–Trinajstić information content (AvgIpc) is 2.45. The first-order valence-electron chi connectivity index (χ1n) is 2.95. The van der Waals surface area contributed by atoms with Crippen LogP contribution in [0.15, 0.2) is 17.3 Å². The van der Waals surface area contributed by atoms with Crippen LogP contribution >= 0.6 is 0 Å². The van der Waals surface area contributed by atoms with Gasteiger partial charge in [-0.25, -0.2) is 9.78 Å². The van der Waals surface area contributed by atoms with Gasteiger partial charge in [0.25, 0.3) is 0 Å². The monoisotopic (exact) mass is 151 g/mol. The fourth-order valence-corrected chi connectivity index (χ4v) is 0.857. The van der Waals surface area contributed by atoms with E-state index < -0.39 is 5.69 Å². The quantitative estimate of drug-likeness (QED) is 0.464. The number of H-pyrrole nitrogens is 1. The molecule has 0 atom stereocenters. The zero-order valence-corrected chi connectivity index (χ0v) is 5.48. The van der Waals surface area contributed by atoms with Gasteiger partial charge in [-0.2, -0.15) is 9.66 Å². The predicted octanol–water partition coefficient (Wildman–Crippen LogP) is -1.17. The molecule has 0 unspecified atom stereocenters. The molecule has 2 aromatic heterocycles. The first-order valence-corrected chi connectivity index (χ1v) is 2.95. The summed E-state index contributed by atoms with van der Waals surface area (Å²) in [5.41, 5.74) is 0.543. The summed E-state index contributed by atoms with van der Waals surface area (Å²) in [6.45, 7) is 0. The number of rotatable bonds is 0. The third kappa shape index (κ3) is 0.689. The summed E-state index contributed by atoms with van der Waals surface area (Å²) in [6.07, 6.45) is 2.85. The minimum Gasteiger partial charge on any atom is -0.342 e. The van der Waals surface area contributed by atoms with E-state index in [0.29, 0.717) is 11.2 Å². The van der Waals surface area contributed by atoms with Gasteiger partial charge in [-0.1, -0.05) is 0 Å². The second-order valence-corrected chi connectivity index (χ2v) is 2.05. The minimum atomic E-state index is -0.510. The lowest BCUT2D eigenvalue weighted by Gasteiger charge is -1.93. The summed E-state index contributed by atoms with van der Waals surface area (Å²) in [5, 5.41) is 0. The van der Waals surface area contributed by atoms with Gasteiger partial charge >= 0.3 is 5.69 Å². The van der Waals surface area contributed by atoms with Gasteiger partial charge in [-0.3, -0.25) is 0 Å². The maximum atomic E-state index is 10.8. The smallest absolute Gasteiger partial charge is 0.342 e. The number of fused-ring (bicyclic) bond motifs is 1. The second-order valence-electron chi connectivity index (χ2n) is 2.05. The Kier molecular flexibility index (Phi) is 0.974. The molecular weight excluding hydrogens is 146 g/mol. The van der Waals surface area contributed by atoms with Gasteiger partial charge in [0.2, 0.25) is 0 Å². The SMILES string of the molecule is Nn1c(=O)ncc2[nH]cnc21. The van der Waals surface area contributed by atoms with Crippen molar-refractivity contribution in [3.8, 4) is 0 Å². The molecular formula is C5H5N5O. The lowest BCUT2D eigenvalue weighted by molar-refractivity contribution is 0.904. The van der Waals surface area contributed by atoms with E-state index in [1.807, 2.05) is 0 Å². The Hall–Kier alpha value is -1.85. The number of aromatic amines is 1. The van der Waals surface area contributed by atoms with Gasteiger partial charge in [-0.05, 0) is 0 Å². The van der Waals surface area contributed by atoms with E-state index in [9.17, 15) is 4.79 Å². The normalized spacial score (nSPS) is 10.5. The van der Waals surface area contributed by atoms with E-state index in [0.717, 1.165) is 4.68 Å². The van der Waals surface area contributed by atoms with Gasteiger partial charge in [0.1, 0.15) is 5.52 Å². The van der Waals surface area contributed by atoms with Crippen molar-refractivity contribution in [2.75, 3.05) is 5.84 Å². The highest BCUT2D eigenvalue weighted by atomic mass is 16.1. The van der Waals surface area contributed by atoms with Gasteiger partial charge in [0, 0.05) is 0 Å². The molecule has 3 N–H and O–H groups in total. The maximum absolute atomic E-state index is 10.8. The molecule has 0 amide bonds. The Bertz CT molecular complexity index is 441. The predicted molar refractivity (Wildman–Crippen MR) is 38.3 cm³/mol. The van der Waals surface area contributed by atoms with Crippen molar-refractivity contribution in [2.24, 2.45) is 0 Å². The molecule has 0 spiro atoms. The molecule has 6 nitrogen and oxygen atoms in total. The van der Waals surface area contributed by atoms with E-state index in [2.05, 4.69) is 15.0 Å². The number of imidazole rings is 1. The van der Waals surface area contributed by atoms with Crippen LogP contribution in [0, 0.1) is 0 Å². The van der Waals surface area contributed by atoms with Crippen molar-refractivity contribution in [3.05, 3.63) is 23.0 Å². The number of nitrogens with two attached hydrogens (primary N) is 1. The molecule has 0 saturated heterocycles. The maximum Gasteiger partial charge on any atom is 0.367 e. The molecule has 0 radical (unpaired) electrons. The lowest BCUT2D eigenvalue weighted by atomic mass is 10.6. The third-order valence-corrected chi connectivity index (χ3v) is 1.39. The molecule has 0 aliphatic rings. The van der Waals surface area contributed by atoms with Crippen LogP contribution in [0.4, 0.5) is 0 Å². The lowest BCUT2D eigenvalue weighted by Crippen LogP contribution is -2.29. The molecule has 0 saturated carbocycles. The number of hydrogen-bond acceptors (Lipinski definition) is 4. The van der Waals surface area contributed by atoms with Crippen LogP contribution in [-0.4, -0.2) is 19.6 Å². The first kappa shape index (κ1) is 5.90. The van der Waals surface area contributed by atoms with E-state index in [1.165, 1.54) is 12.5 Å². The standard InChI is InChI=1S/C5H5N5O/c6-10-4-3(8-2-9-4)1-7-5(10)11/h1-2H,6H2,(H,8,9). The fraction of sp³-hybridized carbons (Fsp3) is 0. The summed E-state index contributed by atoms with van der Waals surface area (Å²) in [4.78, 5) is 20.9. The number of nitrogens with zero attached hydrogens (tertiary/aromatic N) is 3. The summed E-state index contributed by atoms with van der Waals surface area (Å²) in [5.74, 6) is 5.32. The zero-order chi connectivity index (χ0) is 7.84. The summed E-state index contributed by atoms with van der Waals surface area (Å²) < 4.78 is 0.895. The zero-order valence-electron chi connectivity index (χ0n) is 5.48. The molecule has 0 aromatic carbocycles. The molecule has 0 aliphatic heterocycles. The summed E-state index contributed by atoms with van der Waals surface area (Å²) in [7, 11) is 0. The molecule has 0 bridgehead atoms. The summed E-state index contributed by atoms with van der Waals surface area (Å²) >= 11 is 0. The van der Waals surface area contributed by atoms with Crippen molar-refractivity contribution >= 4 is 11.2 Å². The van der Waals surface area contributed by atoms with Crippen LogP contribution in [0.3, 0.4) is 0 Å². The van der Waals surface area contributed by atoms with Gasteiger partial charge < -0.3 is 10.8 Å². The van der Waals surface area contributed by atoms with Crippen molar-refractivity contribution in [3.63, 3.8) is 0 Å². The Labute approximate surface area is 60.7 Å². The van der Waals surface area contributed by atoms with Crippen LogP contribution in [-0.2, 0) is 0 Å². The molecule has 0 aliphatic carbocycles. The van der Waals surface area contributed by atoms with Crippen LogP contribution in [0.1, 0.15) is 0 Å². The largest absolute Gasteiger partial charge is 0.367 e. The molecule has 2 aromatic rings. The highest BCUT2D eigenvalue weighted by Crippen LogP contribution is 1.99. The van der Waals surface area contributed by atoms with E-state index in [-0.39, 0.29) is 0 Å². The van der Waals surface area contributed by atoms with Gasteiger partial charge in [0.15, 0.2) is 5.65 Å². The van der Waals surface area contributed by atoms with Gasteiger partial charge in [0.05, 0.1) is 12.5 Å². The van der Waals surface area contributed by atoms with Crippen LogP contribution in [0.5, 0.6) is 0 Å². The van der Waals surface area contributed by atoms with Crippen LogP contribution in [0.2, 0.25) is 0 Å².